The van der Waals surface area contributed by atoms with Crippen molar-refractivity contribution in [1.82, 2.24) is 5.43 Å². The summed E-state index contributed by atoms with van der Waals surface area (Å²) in [6, 6.07) is 9.25. The molecule has 0 heterocycles. The number of carbonyl (C=O) groups excluding carboxylic acids is 1. The fourth-order valence-electron chi connectivity index (χ4n) is 1.67. The van der Waals surface area contributed by atoms with Gasteiger partial charge in [0.05, 0.1) is 11.1 Å². The lowest BCUT2D eigenvalue weighted by Crippen LogP contribution is -2.17. The van der Waals surface area contributed by atoms with Crippen molar-refractivity contribution in [1.29, 1.82) is 0 Å². The molecule has 1 amide bonds. The zero-order chi connectivity index (χ0) is 17.0. The normalized spacial score (nSPS) is 10.7. The van der Waals surface area contributed by atoms with Crippen molar-refractivity contribution >= 4 is 49.7 Å². The molecule has 0 saturated carbocycles. The lowest BCUT2D eigenvalue weighted by molar-refractivity contribution is -0.385. The molecule has 7 nitrogen and oxygen atoms in total. The van der Waals surface area contributed by atoms with Gasteiger partial charge in [0.25, 0.3) is 5.91 Å². The van der Waals surface area contributed by atoms with Gasteiger partial charge in [-0.2, -0.15) is 5.10 Å². The first-order valence-corrected chi connectivity index (χ1v) is 7.73. The second-order valence-electron chi connectivity index (χ2n) is 4.33. The number of nitrogens with zero attached hydrogens (tertiary/aromatic N) is 2. The summed E-state index contributed by atoms with van der Waals surface area (Å²) >= 11 is 6.37. The van der Waals surface area contributed by atoms with Gasteiger partial charge in [-0.1, -0.05) is 31.9 Å². The van der Waals surface area contributed by atoms with Gasteiger partial charge in [0.15, 0.2) is 0 Å². The van der Waals surface area contributed by atoms with Crippen LogP contribution in [0.5, 0.6) is 5.75 Å². The third-order valence-corrected chi connectivity index (χ3v) is 3.74. The number of halogens is 2. The summed E-state index contributed by atoms with van der Waals surface area (Å²) in [4.78, 5) is 22.0. The van der Waals surface area contributed by atoms with Crippen molar-refractivity contribution < 1.29 is 14.8 Å². The Labute approximate surface area is 147 Å². The summed E-state index contributed by atoms with van der Waals surface area (Å²) < 4.78 is 1.24. The molecule has 0 atom stereocenters. The summed E-state index contributed by atoms with van der Waals surface area (Å²) in [7, 11) is 0. The molecule has 0 aromatic heterocycles. The monoisotopic (exact) mass is 441 g/mol. The number of rotatable bonds is 4. The third kappa shape index (κ3) is 4.36. The number of amides is 1. The predicted octanol–water partition coefficient (Wildman–Crippen LogP) is 3.59. The van der Waals surface area contributed by atoms with Crippen molar-refractivity contribution in [3.05, 3.63) is 66.6 Å². The summed E-state index contributed by atoms with van der Waals surface area (Å²) in [6.45, 7) is 0. The maximum absolute atomic E-state index is 11.9. The van der Waals surface area contributed by atoms with Crippen LogP contribution < -0.4 is 5.43 Å². The number of phenols is 1. The standard InChI is InChI=1S/C14H9Br2N3O4/c15-10-3-1-8(2-4-10)14(21)18-17-7-9-5-11(16)6-12(13(9)20)19(22)23/h1-7,20H,(H,18,21)/b17-7+. The molecule has 2 rings (SSSR count). The molecule has 2 aromatic carbocycles. The Morgan fingerprint density at radius 3 is 2.48 bits per heavy atom. The topological polar surface area (TPSA) is 105 Å². The van der Waals surface area contributed by atoms with E-state index in [0.29, 0.717) is 10.0 Å². The molecule has 0 aliphatic heterocycles. The Bertz CT molecular complexity index is 791. The Balaban J connectivity index is 2.16. The van der Waals surface area contributed by atoms with Crippen molar-refractivity contribution in [2.24, 2.45) is 5.10 Å². The first kappa shape index (κ1) is 17.1. The molecular formula is C14H9Br2N3O4. The average molecular weight is 443 g/mol. The Morgan fingerprint density at radius 2 is 1.87 bits per heavy atom. The Kier molecular flexibility index (Phi) is 5.45. The summed E-state index contributed by atoms with van der Waals surface area (Å²) in [5, 5.41) is 24.4. The number of hydrogen-bond donors (Lipinski definition) is 2. The minimum atomic E-state index is -0.710. The highest BCUT2D eigenvalue weighted by Crippen LogP contribution is 2.32. The highest BCUT2D eigenvalue weighted by Gasteiger charge is 2.17. The molecule has 0 radical (unpaired) electrons. The second kappa shape index (κ2) is 7.34. The largest absolute Gasteiger partial charge is 0.502 e. The minimum Gasteiger partial charge on any atom is -0.502 e. The van der Waals surface area contributed by atoms with E-state index in [1.165, 1.54) is 12.1 Å². The molecule has 0 aliphatic carbocycles. The lowest BCUT2D eigenvalue weighted by Gasteiger charge is -2.02. The van der Waals surface area contributed by atoms with E-state index in [9.17, 15) is 20.0 Å². The zero-order valence-corrected chi connectivity index (χ0v) is 14.5. The second-order valence-corrected chi connectivity index (χ2v) is 6.16. The quantitative estimate of drug-likeness (QED) is 0.428. The van der Waals surface area contributed by atoms with Gasteiger partial charge in [0.1, 0.15) is 0 Å². The fourth-order valence-corrected chi connectivity index (χ4v) is 2.40. The molecule has 0 spiro atoms. The highest BCUT2D eigenvalue weighted by molar-refractivity contribution is 9.10. The van der Waals surface area contributed by atoms with Gasteiger partial charge in [-0.3, -0.25) is 14.9 Å². The van der Waals surface area contributed by atoms with Crippen molar-refractivity contribution in [3.8, 4) is 5.75 Å². The zero-order valence-electron chi connectivity index (χ0n) is 11.4. The molecule has 0 bridgehead atoms. The molecule has 2 aromatic rings. The smallest absolute Gasteiger partial charge is 0.312 e. The molecule has 0 fully saturated rings. The van der Waals surface area contributed by atoms with E-state index >= 15 is 0 Å². The van der Waals surface area contributed by atoms with Crippen molar-refractivity contribution in [2.45, 2.75) is 0 Å². The van der Waals surface area contributed by atoms with Crippen LogP contribution in [0.25, 0.3) is 0 Å². The number of aromatic hydroxyl groups is 1. The van der Waals surface area contributed by atoms with E-state index < -0.39 is 22.3 Å². The van der Waals surface area contributed by atoms with Gasteiger partial charge in [-0.25, -0.2) is 5.43 Å². The van der Waals surface area contributed by atoms with Gasteiger partial charge in [0, 0.05) is 26.1 Å². The van der Waals surface area contributed by atoms with Gasteiger partial charge in [-0.15, -0.1) is 0 Å². The van der Waals surface area contributed by atoms with E-state index in [1.807, 2.05) is 0 Å². The lowest BCUT2D eigenvalue weighted by atomic mass is 10.2. The molecular weight excluding hydrogens is 434 g/mol. The van der Waals surface area contributed by atoms with Crippen LogP contribution in [0.2, 0.25) is 0 Å². The number of nitro groups is 1. The van der Waals surface area contributed by atoms with Gasteiger partial charge in [-0.05, 0) is 30.3 Å². The van der Waals surface area contributed by atoms with Crippen LogP contribution in [0, 0.1) is 10.1 Å². The molecule has 118 valence electrons. The maximum Gasteiger partial charge on any atom is 0.312 e. The summed E-state index contributed by atoms with van der Waals surface area (Å²) in [6.07, 6.45) is 1.13. The van der Waals surface area contributed by atoms with Crippen LogP contribution in [0.4, 0.5) is 5.69 Å². The maximum atomic E-state index is 11.9. The number of nitrogens with one attached hydrogen (secondary N) is 1. The molecule has 0 aliphatic rings. The molecule has 2 N–H and O–H groups in total. The number of benzene rings is 2. The SMILES string of the molecule is O=C(N/N=C/c1cc(Br)cc([N+](=O)[O-])c1O)c1ccc(Br)cc1. The summed E-state index contributed by atoms with van der Waals surface area (Å²) in [5.74, 6) is -0.974. The molecule has 9 heteroatoms. The number of carbonyl (C=O) groups is 1. The Hall–Kier alpha value is -2.26. The predicted molar refractivity (Wildman–Crippen MR) is 91.7 cm³/mol. The first-order chi connectivity index (χ1) is 10.9. The van der Waals surface area contributed by atoms with Crippen LogP contribution in [0.1, 0.15) is 15.9 Å². The number of hydrazone groups is 1. The van der Waals surface area contributed by atoms with Gasteiger partial charge in [0.2, 0.25) is 5.75 Å². The van der Waals surface area contributed by atoms with E-state index in [-0.39, 0.29) is 5.56 Å². The van der Waals surface area contributed by atoms with Crippen LogP contribution in [-0.2, 0) is 0 Å². The van der Waals surface area contributed by atoms with Crippen molar-refractivity contribution in [3.63, 3.8) is 0 Å². The molecule has 23 heavy (non-hydrogen) atoms. The van der Waals surface area contributed by atoms with E-state index in [1.54, 1.807) is 24.3 Å². The van der Waals surface area contributed by atoms with Crippen molar-refractivity contribution in [2.75, 3.05) is 0 Å². The highest BCUT2D eigenvalue weighted by atomic mass is 79.9. The van der Waals surface area contributed by atoms with E-state index in [4.69, 9.17) is 0 Å². The van der Waals surface area contributed by atoms with Crippen LogP contribution in [-0.4, -0.2) is 22.2 Å². The summed E-state index contributed by atoms with van der Waals surface area (Å²) in [5.41, 5.74) is 2.32. The van der Waals surface area contributed by atoms with Gasteiger partial charge < -0.3 is 5.11 Å². The fraction of sp³-hybridized carbons (Fsp3) is 0. The van der Waals surface area contributed by atoms with Gasteiger partial charge >= 0.3 is 5.69 Å². The first-order valence-electron chi connectivity index (χ1n) is 6.14. The minimum absolute atomic E-state index is 0.0992. The number of phenolic OH excluding ortho intramolecular Hbond substituents is 1. The molecule has 0 saturated heterocycles. The molecule has 0 unspecified atom stereocenters. The van der Waals surface area contributed by atoms with Crippen LogP contribution in [0.3, 0.4) is 0 Å². The van der Waals surface area contributed by atoms with Crippen LogP contribution >= 0.6 is 31.9 Å². The number of hydrogen-bond acceptors (Lipinski definition) is 5. The van der Waals surface area contributed by atoms with E-state index in [2.05, 4.69) is 42.4 Å². The van der Waals surface area contributed by atoms with Crippen LogP contribution in [0.15, 0.2) is 50.4 Å². The average Bonchev–Trinajstić information content (AvgIpc) is 2.50. The Morgan fingerprint density at radius 1 is 1.22 bits per heavy atom. The van der Waals surface area contributed by atoms with E-state index in [0.717, 1.165) is 10.7 Å². The number of nitro benzene ring substituents is 1. The third-order valence-electron chi connectivity index (χ3n) is 2.76.